The third-order valence-corrected chi connectivity index (χ3v) is 5.10. The predicted molar refractivity (Wildman–Crippen MR) is 96.6 cm³/mol. The summed E-state index contributed by atoms with van der Waals surface area (Å²) in [6, 6.07) is 10.2. The molecule has 0 saturated heterocycles. The van der Waals surface area contributed by atoms with Gasteiger partial charge in [0.25, 0.3) is 0 Å². The van der Waals surface area contributed by atoms with Crippen molar-refractivity contribution < 1.29 is 14.3 Å². The molecule has 1 aliphatic rings. The molecule has 0 aromatic heterocycles. The molecule has 0 atom stereocenters. The average Bonchev–Trinajstić information content (AvgIpc) is 2.53. The van der Waals surface area contributed by atoms with E-state index in [0.29, 0.717) is 10.7 Å². The molecule has 0 N–H and O–H groups in total. The van der Waals surface area contributed by atoms with Crippen LogP contribution < -0.4 is 9.64 Å². The Hall–Kier alpha value is -1.40. The molecular formula is C16H10Cl3NO3S. The van der Waals surface area contributed by atoms with Crippen LogP contribution in [0, 0.1) is 0 Å². The zero-order valence-corrected chi connectivity index (χ0v) is 15.2. The van der Waals surface area contributed by atoms with Crippen LogP contribution in [0.2, 0.25) is 15.1 Å². The van der Waals surface area contributed by atoms with Gasteiger partial charge in [-0.25, -0.2) is 4.79 Å². The first kappa shape index (κ1) is 17.4. The van der Waals surface area contributed by atoms with Crippen LogP contribution in [0.15, 0.2) is 41.3 Å². The van der Waals surface area contributed by atoms with Gasteiger partial charge < -0.3 is 4.74 Å². The molecule has 4 nitrogen and oxygen atoms in total. The fourth-order valence-corrected chi connectivity index (χ4v) is 4.06. The van der Waals surface area contributed by atoms with Crippen LogP contribution in [0.3, 0.4) is 0 Å². The number of para-hydroxylation sites is 1. The smallest absolute Gasteiger partial charge is 0.331 e. The normalized spacial score (nSPS) is 13.6. The molecule has 3 rings (SSSR count). The minimum atomic E-state index is -0.642. The van der Waals surface area contributed by atoms with Crippen molar-refractivity contribution in [3.63, 3.8) is 0 Å². The first-order valence-electron chi connectivity index (χ1n) is 6.83. The number of benzene rings is 2. The highest BCUT2D eigenvalue weighted by molar-refractivity contribution is 8.00. The standard InChI is InChI=1S/C16H10Cl3NO3S/c17-9-5-10(18)16(11(19)6-9)23-15(22)7-20-12-3-1-2-4-13(12)24-8-14(20)21/h1-6H,7-8H2. The van der Waals surface area contributed by atoms with Gasteiger partial charge in [0.2, 0.25) is 5.91 Å². The lowest BCUT2D eigenvalue weighted by Crippen LogP contribution is -2.40. The lowest BCUT2D eigenvalue weighted by atomic mass is 10.2. The Morgan fingerprint density at radius 3 is 2.54 bits per heavy atom. The Labute approximate surface area is 157 Å². The lowest BCUT2D eigenvalue weighted by molar-refractivity contribution is -0.134. The summed E-state index contributed by atoms with van der Waals surface area (Å²) in [6.45, 7) is -0.230. The molecule has 1 amide bonds. The Kier molecular flexibility index (Phi) is 5.25. The third kappa shape index (κ3) is 3.64. The zero-order chi connectivity index (χ0) is 17.3. The van der Waals surface area contributed by atoms with Gasteiger partial charge in [-0.1, -0.05) is 46.9 Å². The molecule has 2 aromatic carbocycles. The predicted octanol–water partition coefficient (Wildman–Crippen LogP) is 4.69. The molecule has 0 saturated carbocycles. The summed E-state index contributed by atoms with van der Waals surface area (Å²) >= 11 is 19.3. The molecule has 0 fully saturated rings. The van der Waals surface area contributed by atoms with E-state index in [2.05, 4.69) is 0 Å². The summed E-state index contributed by atoms with van der Waals surface area (Å²) < 4.78 is 5.23. The van der Waals surface area contributed by atoms with E-state index in [1.165, 1.54) is 28.8 Å². The van der Waals surface area contributed by atoms with Crippen molar-refractivity contribution in [2.75, 3.05) is 17.2 Å². The van der Waals surface area contributed by atoms with E-state index in [1.54, 1.807) is 6.07 Å². The number of nitrogens with zero attached hydrogens (tertiary/aromatic N) is 1. The van der Waals surface area contributed by atoms with Crippen molar-refractivity contribution in [1.29, 1.82) is 0 Å². The van der Waals surface area contributed by atoms with Crippen molar-refractivity contribution >= 4 is 64.1 Å². The highest BCUT2D eigenvalue weighted by Crippen LogP contribution is 2.37. The van der Waals surface area contributed by atoms with Gasteiger partial charge in [-0.3, -0.25) is 9.69 Å². The molecule has 8 heteroatoms. The summed E-state index contributed by atoms with van der Waals surface area (Å²) in [5.74, 6) is -0.507. The number of ether oxygens (including phenoxy) is 1. The number of carbonyl (C=O) groups is 2. The SMILES string of the molecule is O=C(CN1C(=O)CSc2ccccc21)Oc1c(Cl)cc(Cl)cc1Cl. The van der Waals surface area contributed by atoms with Crippen LogP contribution in [0.25, 0.3) is 0 Å². The molecule has 124 valence electrons. The minimum Gasteiger partial charge on any atom is -0.422 e. The van der Waals surface area contributed by atoms with Gasteiger partial charge >= 0.3 is 5.97 Å². The van der Waals surface area contributed by atoms with Gasteiger partial charge in [-0.05, 0) is 24.3 Å². The number of rotatable bonds is 3. The van der Waals surface area contributed by atoms with E-state index >= 15 is 0 Å². The fraction of sp³-hybridized carbons (Fsp3) is 0.125. The van der Waals surface area contributed by atoms with E-state index in [0.717, 1.165) is 4.90 Å². The highest BCUT2D eigenvalue weighted by atomic mass is 35.5. The number of carbonyl (C=O) groups excluding carboxylic acids is 2. The topological polar surface area (TPSA) is 46.6 Å². The van der Waals surface area contributed by atoms with Gasteiger partial charge in [0.15, 0.2) is 5.75 Å². The van der Waals surface area contributed by atoms with Crippen molar-refractivity contribution in [2.24, 2.45) is 0 Å². The highest BCUT2D eigenvalue weighted by Gasteiger charge is 2.27. The molecule has 0 aliphatic carbocycles. The molecule has 0 radical (unpaired) electrons. The van der Waals surface area contributed by atoms with Crippen LogP contribution in [0.1, 0.15) is 0 Å². The maximum atomic E-state index is 12.3. The number of hydrogen-bond acceptors (Lipinski definition) is 4. The molecule has 1 aliphatic heterocycles. The van der Waals surface area contributed by atoms with Crippen molar-refractivity contribution in [1.82, 2.24) is 0 Å². The van der Waals surface area contributed by atoms with E-state index < -0.39 is 5.97 Å². The molecule has 0 spiro atoms. The van der Waals surface area contributed by atoms with Crippen molar-refractivity contribution in [2.45, 2.75) is 4.90 Å². The van der Waals surface area contributed by atoms with Gasteiger partial charge in [-0.15, -0.1) is 11.8 Å². The minimum absolute atomic E-state index is 0.0276. The number of hydrogen-bond donors (Lipinski definition) is 0. The van der Waals surface area contributed by atoms with Crippen molar-refractivity contribution in [3.05, 3.63) is 51.5 Å². The van der Waals surface area contributed by atoms with Crippen LogP contribution in [-0.4, -0.2) is 24.2 Å². The number of anilines is 1. The molecular weight excluding hydrogens is 393 g/mol. The van der Waals surface area contributed by atoms with Gasteiger partial charge in [0, 0.05) is 9.92 Å². The molecule has 2 aromatic rings. The van der Waals surface area contributed by atoms with Crippen LogP contribution in [-0.2, 0) is 9.59 Å². The maximum Gasteiger partial charge on any atom is 0.331 e. The Morgan fingerprint density at radius 1 is 1.17 bits per heavy atom. The molecule has 1 heterocycles. The summed E-state index contributed by atoms with van der Waals surface area (Å²) in [5, 5.41) is 0.588. The van der Waals surface area contributed by atoms with Crippen LogP contribution in [0.4, 0.5) is 5.69 Å². The van der Waals surface area contributed by atoms with E-state index in [-0.39, 0.29) is 34.0 Å². The number of esters is 1. The first-order valence-corrected chi connectivity index (χ1v) is 8.95. The van der Waals surface area contributed by atoms with Gasteiger partial charge in [0.05, 0.1) is 21.5 Å². The quantitative estimate of drug-likeness (QED) is 0.552. The largest absolute Gasteiger partial charge is 0.422 e. The lowest BCUT2D eigenvalue weighted by Gasteiger charge is -2.28. The zero-order valence-electron chi connectivity index (χ0n) is 12.1. The molecule has 24 heavy (non-hydrogen) atoms. The summed E-state index contributed by atoms with van der Waals surface area (Å²) in [4.78, 5) is 26.7. The Balaban J connectivity index is 1.80. The molecule has 0 bridgehead atoms. The van der Waals surface area contributed by atoms with E-state index in [9.17, 15) is 9.59 Å². The second-order valence-electron chi connectivity index (χ2n) is 4.91. The second-order valence-corrected chi connectivity index (χ2v) is 7.18. The van der Waals surface area contributed by atoms with Crippen molar-refractivity contribution in [3.8, 4) is 5.75 Å². The fourth-order valence-electron chi connectivity index (χ4n) is 2.23. The second kappa shape index (κ2) is 7.23. The van der Waals surface area contributed by atoms with E-state index in [1.807, 2.05) is 18.2 Å². The Morgan fingerprint density at radius 2 is 1.83 bits per heavy atom. The monoisotopic (exact) mass is 401 g/mol. The summed E-state index contributed by atoms with van der Waals surface area (Å²) in [5.41, 5.74) is 0.684. The summed E-state index contributed by atoms with van der Waals surface area (Å²) in [6.07, 6.45) is 0. The van der Waals surface area contributed by atoms with Gasteiger partial charge in [-0.2, -0.15) is 0 Å². The molecule has 0 unspecified atom stereocenters. The summed E-state index contributed by atoms with van der Waals surface area (Å²) in [7, 11) is 0. The number of halogens is 3. The maximum absolute atomic E-state index is 12.3. The first-order chi connectivity index (χ1) is 11.5. The van der Waals surface area contributed by atoms with E-state index in [4.69, 9.17) is 39.5 Å². The number of fused-ring (bicyclic) bond motifs is 1. The number of amides is 1. The third-order valence-electron chi connectivity index (χ3n) is 3.27. The Bertz CT molecular complexity index is 805. The average molecular weight is 403 g/mol. The van der Waals surface area contributed by atoms with Crippen LogP contribution in [0.5, 0.6) is 5.75 Å². The van der Waals surface area contributed by atoms with Crippen LogP contribution >= 0.6 is 46.6 Å². The van der Waals surface area contributed by atoms with Gasteiger partial charge in [0.1, 0.15) is 6.54 Å². The number of thioether (sulfide) groups is 1.